The highest BCUT2D eigenvalue weighted by atomic mass is 32.2. The maximum Gasteiger partial charge on any atom is 0.279 e. The number of fused-ring (bicyclic) bond motifs is 1. The van der Waals surface area contributed by atoms with E-state index in [2.05, 4.69) is 4.99 Å². The fourth-order valence-electron chi connectivity index (χ4n) is 4.03. The number of nitrogens with zero attached hydrogens (tertiary/aromatic N) is 3. The van der Waals surface area contributed by atoms with Crippen molar-refractivity contribution in [2.24, 2.45) is 10.1 Å². The van der Waals surface area contributed by atoms with Crippen molar-refractivity contribution in [1.29, 1.82) is 0 Å². The van der Waals surface area contributed by atoms with E-state index in [4.69, 9.17) is 9.88 Å². The van der Waals surface area contributed by atoms with Gasteiger partial charge in [-0.2, -0.15) is 9.30 Å². The van der Waals surface area contributed by atoms with Gasteiger partial charge in [-0.1, -0.05) is 18.3 Å². The lowest BCUT2D eigenvalue weighted by atomic mass is 10.2. The Hall–Kier alpha value is -2.42. The molecule has 1 fully saturated rings. The van der Waals surface area contributed by atoms with E-state index < -0.39 is 26.0 Å². The largest absolute Gasteiger partial charge is 0.377 e. The molecule has 1 unspecified atom stereocenters. The van der Waals surface area contributed by atoms with Crippen molar-refractivity contribution >= 4 is 47.5 Å². The molecule has 0 aliphatic carbocycles. The van der Waals surface area contributed by atoms with E-state index in [1.807, 2.05) is 11.5 Å². The maximum absolute atomic E-state index is 12.9. The summed E-state index contributed by atoms with van der Waals surface area (Å²) in [5, 5.41) is 5.25. The smallest absolute Gasteiger partial charge is 0.279 e. The summed E-state index contributed by atoms with van der Waals surface area (Å²) >= 11 is 1.18. The number of primary sulfonamides is 1. The van der Waals surface area contributed by atoms with Gasteiger partial charge >= 0.3 is 0 Å². The molecule has 0 radical (unpaired) electrons. The van der Waals surface area contributed by atoms with E-state index in [0.717, 1.165) is 24.8 Å². The number of hydrogen-bond acceptors (Lipinski definition) is 7. The Labute approximate surface area is 214 Å². The Kier molecular flexibility index (Phi) is 7.78. The topological polar surface area (TPSA) is 141 Å². The van der Waals surface area contributed by atoms with Gasteiger partial charge in [0.2, 0.25) is 20.0 Å². The van der Waals surface area contributed by atoms with Crippen LogP contribution in [0.25, 0.3) is 10.2 Å². The normalized spacial score (nSPS) is 17.3. The number of sulfonamides is 2. The molecule has 2 N–H and O–H groups in total. The molecule has 36 heavy (non-hydrogen) atoms. The summed E-state index contributed by atoms with van der Waals surface area (Å²) in [6, 6.07) is 10.2. The lowest BCUT2D eigenvalue weighted by Crippen LogP contribution is -2.34. The number of carbonyl (C=O) groups is 1. The number of hydrogen-bond donors (Lipinski definition) is 1. The number of ether oxygens (including phenoxy) is 1. The highest BCUT2D eigenvalue weighted by Gasteiger charge is 2.26. The Balaban J connectivity index is 1.62. The SMILES string of the molecule is CCCn1c(=NC(=O)c2ccc(S(=O)(=O)N(C)CC3CCCO3)cc2)sc2cc(S(N)(=O)=O)ccc21. The van der Waals surface area contributed by atoms with Crippen molar-refractivity contribution in [2.45, 2.75) is 48.6 Å². The fraction of sp³-hybridized carbons (Fsp3) is 0.391. The summed E-state index contributed by atoms with van der Waals surface area (Å²) in [4.78, 5) is 17.7. The van der Waals surface area contributed by atoms with Crippen LogP contribution in [0.4, 0.5) is 0 Å². The third-order valence-corrected chi connectivity index (χ3v) is 9.71. The molecule has 13 heteroatoms. The van der Waals surface area contributed by atoms with Crippen LogP contribution in [0, 0.1) is 0 Å². The third kappa shape index (κ3) is 5.61. The second-order valence-electron chi connectivity index (χ2n) is 8.57. The van der Waals surface area contributed by atoms with Crippen molar-refractivity contribution in [1.82, 2.24) is 8.87 Å². The van der Waals surface area contributed by atoms with Gasteiger partial charge < -0.3 is 9.30 Å². The molecule has 1 saturated heterocycles. The minimum absolute atomic E-state index is 0.0148. The second-order valence-corrected chi connectivity index (χ2v) is 13.2. The van der Waals surface area contributed by atoms with Crippen LogP contribution < -0.4 is 9.94 Å². The van der Waals surface area contributed by atoms with Gasteiger partial charge in [-0.3, -0.25) is 4.79 Å². The zero-order valence-corrected chi connectivity index (χ0v) is 22.4. The minimum Gasteiger partial charge on any atom is -0.377 e. The van der Waals surface area contributed by atoms with Gasteiger partial charge in [0.05, 0.1) is 26.1 Å². The van der Waals surface area contributed by atoms with Crippen molar-refractivity contribution < 1.29 is 26.4 Å². The van der Waals surface area contributed by atoms with E-state index in [1.165, 1.54) is 59.1 Å². The van der Waals surface area contributed by atoms with Crippen LogP contribution in [0.5, 0.6) is 0 Å². The Morgan fingerprint density at radius 1 is 1.17 bits per heavy atom. The molecular formula is C23H28N4O6S3. The number of aryl methyl sites for hydroxylation is 1. The van der Waals surface area contributed by atoms with Gasteiger partial charge in [-0.05, 0) is 61.7 Å². The minimum atomic E-state index is -3.87. The molecule has 0 saturated carbocycles. The Bertz CT molecular complexity index is 1550. The van der Waals surface area contributed by atoms with Crippen molar-refractivity contribution in [2.75, 3.05) is 20.2 Å². The number of amides is 1. The van der Waals surface area contributed by atoms with Crippen LogP contribution in [-0.4, -0.2) is 57.9 Å². The van der Waals surface area contributed by atoms with E-state index in [1.54, 1.807) is 6.07 Å². The molecule has 10 nitrogen and oxygen atoms in total. The first-order valence-electron chi connectivity index (χ1n) is 11.4. The van der Waals surface area contributed by atoms with Gasteiger partial charge in [-0.15, -0.1) is 0 Å². The average molecular weight is 553 g/mol. The predicted molar refractivity (Wildman–Crippen MR) is 137 cm³/mol. The number of rotatable bonds is 8. The third-order valence-electron chi connectivity index (χ3n) is 5.92. The summed E-state index contributed by atoms with van der Waals surface area (Å²) in [7, 11) is -6.08. The first-order chi connectivity index (χ1) is 17.0. The molecule has 2 aromatic carbocycles. The monoisotopic (exact) mass is 552 g/mol. The average Bonchev–Trinajstić information content (AvgIpc) is 3.46. The van der Waals surface area contributed by atoms with E-state index in [9.17, 15) is 21.6 Å². The number of nitrogens with two attached hydrogens (primary N) is 1. The maximum atomic E-state index is 12.9. The molecule has 0 bridgehead atoms. The first-order valence-corrected chi connectivity index (χ1v) is 15.2. The summed E-state index contributed by atoms with van der Waals surface area (Å²) < 4.78 is 58.6. The standard InChI is InChI=1S/C23H28N4O6S3/c1-3-12-27-20-11-10-19(35(24,29)30)14-21(20)34-23(27)25-22(28)16-6-8-18(9-7-16)36(31,32)26(2)15-17-5-4-13-33-17/h6-11,14,17H,3-5,12-13,15H2,1-2H3,(H2,24,29,30). The summed E-state index contributed by atoms with van der Waals surface area (Å²) in [6.45, 7) is 3.48. The van der Waals surface area contributed by atoms with Crippen LogP contribution in [0.2, 0.25) is 0 Å². The van der Waals surface area contributed by atoms with Gasteiger partial charge in [0.15, 0.2) is 4.80 Å². The van der Waals surface area contributed by atoms with Crippen molar-refractivity contribution in [3.05, 3.63) is 52.8 Å². The van der Waals surface area contributed by atoms with E-state index >= 15 is 0 Å². The molecule has 4 rings (SSSR count). The molecule has 1 aliphatic rings. The molecule has 1 atom stereocenters. The van der Waals surface area contributed by atoms with E-state index in [0.29, 0.717) is 22.7 Å². The lowest BCUT2D eigenvalue weighted by Gasteiger charge is -2.20. The molecule has 3 aromatic rings. The zero-order valence-electron chi connectivity index (χ0n) is 20.0. The predicted octanol–water partition coefficient (Wildman–Crippen LogP) is 2.30. The molecule has 1 amide bonds. The lowest BCUT2D eigenvalue weighted by molar-refractivity contribution is 0.0979. The summed E-state index contributed by atoms with van der Waals surface area (Å²) in [6.07, 6.45) is 2.41. The van der Waals surface area contributed by atoms with Crippen LogP contribution in [0.15, 0.2) is 57.2 Å². The molecular weight excluding hydrogens is 524 g/mol. The van der Waals surface area contributed by atoms with Gasteiger partial charge in [0.1, 0.15) is 0 Å². The number of thiazole rings is 1. The number of carbonyl (C=O) groups excluding carboxylic acids is 1. The van der Waals surface area contributed by atoms with Gasteiger partial charge in [0, 0.05) is 32.3 Å². The Morgan fingerprint density at radius 2 is 1.86 bits per heavy atom. The number of likely N-dealkylation sites (N-methyl/N-ethyl adjacent to an activating group) is 1. The van der Waals surface area contributed by atoms with Gasteiger partial charge in [0.25, 0.3) is 5.91 Å². The quantitative estimate of drug-likeness (QED) is 0.455. The van der Waals surface area contributed by atoms with Crippen molar-refractivity contribution in [3.8, 4) is 0 Å². The van der Waals surface area contributed by atoms with Crippen molar-refractivity contribution in [3.63, 3.8) is 0 Å². The van der Waals surface area contributed by atoms with Crippen LogP contribution in [0.3, 0.4) is 0 Å². The van der Waals surface area contributed by atoms with Gasteiger partial charge in [-0.25, -0.2) is 22.0 Å². The number of benzene rings is 2. The molecule has 2 heterocycles. The Morgan fingerprint density at radius 3 is 2.47 bits per heavy atom. The first kappa shape index (κ1) is 26.6. The molecule has 0 spiro atoms. The highest BCUT2D eigenvalue weighted by molar-refractivity contribution is 7.89. The van der Waals surface area contributed by atoms with E-state index in [-0.39, 0.29) is 28.0 Å². The van der Waals surface area contributed by atoms with Crippen LogP contribution in [0.1, 0.15) is 36.5 Å². The second kappa shape index (κ2) is 10.5. The number of aromatic nitrogens is 1. The fourth-order valence-corrected chi connectivity index (χ4v) is 6.94. The molecule has 1 aliphatic heterocycles. The van der Waals surface area contributed by atoms with Crippen LogP contribution >= 0.6 is 11.3 Å². The molecule has 194 valence electrons. The summed E-state index contributed by atoms with van der Waals surface area (Å²) in [5.74, 6) is -0.533. The van der Waals surface area contributed by atoms with Crippen LogP contribution in [-0.2, 0) is 31.3 Å². The highest BCUT2D eigenvalue weighted by Crippen LogP contribution is 2.22. The zero-order chi connectivity index (χ0) is 26.1. The summed E-state index contributed by atoms with van der Waals surface area (Å²) in [5.41, 5.74) is 0.984. The molecule has 1 aromatic heterocycles.